The first-order valence-electron chi connectivity index (χ1n) is 12.5. The van der Waals surface area contributed by atoms with Gasteiger partial charge in [0.1, 0.15) is 0 Å². The molecule has 0 aromatic rings. The molecule has 0 unspecified atom stereocenters. The summed E-state index contributed by atoms with van der Waals surface area (Å²) in [6.45, 7) is 7.32. The number of rotatable bonds is 9. The molecule has 1 heteroatoms. The fourth-order valence-corrected chi connectivity index (χ4v) is 6.22. The van der Waals surface area contributed by atoms with E-state index >= 15 is 0 Å². The zero-order chi connectivity index (χ0) is 18.9. The third kappa shape index (κ3) is 6.91. The Labute approximate surface area is 169 Å². The van der Waals surface area contributed by atoms with Crippen LogP contribution in [0, 0.1) is 29.6 Å². The quantitative estimate of drug-likeness (QED) is 0.294. The Morgan fingerprint density at radius 2 is 1.33 bits per heavy atom. The highest BCUT2D eigenvalue weighted by Gasteiger charge is 2.31. The van der Waals surface area contributed by atoms with Gasteiger partial charge in [-0.3, -0.25) is 0 Å². The smallest absolute Gasteiger partial charge is 0.0575 e. The van der Waals surface area contributed by atoms with Crippen molar-refractivity contribution < 1.29 is 4.74 Å². The average Bonchev–Trinajstić information content (AvgIpc) is 2.74. The fraction of sp³-hybridized carbons (Fsp3) is 0.923. The van der Waals surface area contributed by atoms with Gasteiger partial charge in [0.2, 0.25) is 0 Å². The van der Waals surface area contributed by atoms with Gasteiger partial charge in [-0.05, 0) is 93.8 Å². The largest absolute Gasteiger partial charge is 0.378 e. The van der Waals surface area contributed by atoms with E-state index in [2.05, 4.69) is 19.6 Å². The summed E-state index contributed by atoms with van der Waals surface area (Å²) in [7, 11) is 0. The molecule has 3 aliphatic carbocycles. The maximum Gasteiger partial charge on any atom is 0.0575 e. The first-order valence-corrected chi connectivity index (χ1v) is 12.5. The number of allylic oxidation sites excluding steroid dienone is 1. The zero-order valence-electron chi connectivity index (χ0n) is 18.2. The van der Waals surface area contributed by atoms with Gasteiger partial charge in [0.25, 0.3) is 0 Å². The van der Waals surface area contributed by atoms with E-state index in [4.69, 9.17) is 4.74 Å². The monoisotopic (exact) mass is 374 g/mol. The molecule has 0 amide bonds. The first-order chi connectivity index (χ1) is 13.3. The Kier molecular flexibility index (Phi) is 9.23. The van der Waals surface area contributed by atoms with Gasteiger partial charge in [-0.25, -0.2) is 0 Å². The Morgan fingerprint density at radius 1 is 0.741 bits per heavy atom. The summed E-state index contributed by atoms with van der Waals surface area (Å²) >= 11 is 0. The van der Waals surface area contributed by atoms with Gasteiger partial charge in [-0.2, -0.15) is 0 Å². The Morgan fingerprint density at radius 3 is 1.89 bits per heavy atom. The molecule has 0 saturated heterocycles. The lowest BCUT2D eigenvalue weighted by atomic mass is 9.69. The van der Waals surface area contributed by atoms with Crippen molar-refractivity contribution >= 4 is 0 Å². The lowest BCUT2D eigenvalue weighted by Crippen LogP contribution is -2.29. The molecule has 3 aliphatic rings. The lowest BCUT2D eigenvalue weighted by Gasteiger charge is -2.38. The van der Waals surface area contributed by atoms with Crippen LogP contribution >= 0.6 is 0 Å². The van der Waals surface area contributed by atoms with Crippen LogP contribution in [0.4, 0.5) is 0 Å². The Bertz CT molecular complexity index is 392. The zero-order valence-corrected chi connectivity index (χ0v) is 18.2. The molecular formula is C26H46O. The van der Waals surface area contributed by atoms with Crippen molar-refractivity contribution in [2.45, 2.75) is 116 Å². The molecule has 0 radical (unpaired) electrons. The molecule has 0 heterocycles. The van der Waals surface area contributed by atoms with Crippen molar-refractivity contribution in [3.63, 3.8) is 0 Å². The lowest BCUT2D eigenvalue weighted by molar-refractivity contribution is -0.00942. The summed E-state index contributed by atoms with van der Waals surface area (Å²) < 4.78 is 6.32. The fourth-order valence-electron chi connectivity index (χ4n) is 6.22. The highest BCUT2D eigenvalue weighted by Crippen LogP contribution is 2.42. The highest BCUT2D eigenvalue weighted by molar-refractivity contribution is 4.85. The van der Waals surface area contributed by atoms with Gasteiger partial charge in [-0.15, -0.1) is 6.58 Å². The summed E-state index contributed by atoms with van der Waals surface area (Å²) in [5.41, 5.74) is 0. The van der Waals surface area contributed by atoms with Crippen LogP contribution < -0.4 is 0 Å². The second-order valence-electron chi connectivity index (χ2n) is 10.2. The van der Waals surface area contributed by atoms with Crippen molar-refractivity contribution in [3.05, 3.63) is 12.7 Å². The van der Waals surface area contributed by atoms with Crippen LogP contribution in [-0.2, 0) is 4.74 Å². The normalized spacial score (nSPS) is 37.8. The summed E-state index contributed by atoms with van der Waals surface area (Å²) in [6, 6.07) is 0. The van der Waals surface area contributed by atoms with Gasteiger partial charge in [0, 0.05) is 6.61 Å². The number of hydrogen-bond donors (Lipinski definition) is 0. The Hall–Kier alpha value is -0.300. The average molecular weight is 375 g/mol. The second kappa shape index (κ2) is 11.6. The highest BCUT2D eigenvalue weighted by atomic mass is 16.5. The minimum atomic E-state index is 0.543. The molecule has 0 aromatic heterocycles. The van der Waals surface area contributed by atoms with E-state index in [9.17, 15) is 0 Å². The maximum absolute atomic E-state index is 6.32. The summed E-state index contributed by atoms with van der Waals surface area (Å²) in [5.74, 6) is 4.77. The molecule has 0 spiro atoms. The van der Waals surface area contributed by atoms with E-state index in [-0.39, 0.29) is 0 Å². The molecule has 0 atom stereocenters. The van der Waals surface area contributed by atoms with Gasteiger partial charge in [0.05, 0.1) is 6.10 Å². The van der Waals surface area contributed by atoms with E-state index in [0.717, 1.165) is 36.2 Å². The predicted molar refractivity (Wildman–Crippen MR) is 117 cm³/mol. The molecule has 0 bridgehead atoms. The minimum absolute atomic E-state index is 0.543. The van der Waals surface area contributed by atoms with Crippen LogP contribution in [0.3, 0.4) is 0 Å². The van der Waals surface area contributed by atoms with Crippen molar-refractivity contribution in [1.82, 2.24) is 0 Å². The molecule has 3 rings (SSSR count). The Balaban J connectivity index is 1.27. The van der Waals surface area contributed by atoms with Gasteiger partial charge in [-0.1, -0.05) is 51.5 Å². The number of hydrogen-bond acceptors (Lipinski definition) is 1. The van der Waals surface area contributed by atoms with Crippen molar-refractivity contribution in [3.8, 4) is 0 Å². The van der Waals surface area contributed by atoms with E-state index in [1.54, 1.807) is 0 Å². The predicted octanol–water partition coefficient (Wildman–Crippen LogP) is 7.94. The van der Waals surface area contributed by atoms with Crippen LogP contribution in [0.1, 0.15) is 110 Å². The molecule has 27 heavy (non-hydrogen) atoms. The molecular weight excluding hydrogens is 328 g/mol. The minimum Gasteiger partial charge on any atom is -0.378 e. The molecule has 3 saturated carbocycles. The third-order valence-electron chi connectivity index (χ3n) is 8.29. The molecule has 0 N–H and O–H groups in total. The van der Waals surface area contributed by atoms with E-state index < -0.39 is 0 Å². The molecule has 1 nitrogen and oxygen atoms in total. The SMILES string of the molecule is C=CC1CCC(OCC2CCC(C3CCC(CCCCC)CC3)CC2)CC1. The van der Waals surface area contributed by atoms with Crippen molar-refractivity contribution in [1.29, 1.82) is 0 Å². The van der Waals surface area contributed by atoms with E-state index in [0.29, 0.717) is 6.10 Å². The maximum atomic E-state index is 6.32. The molecule has 0 aliphatic heterocycles. The van der Waals surface area contributed by atoms with E-state index in [1.807, 2.05) is 0 Å². The van der Waals surface area contributed by atoms with Crippen LogP contribution in [0.25, 0.3) is 0 Å². The van der Waals surface area contributed by atoms with Gasteiger partial charge in [0.15, 0.2) is 0 Å². The van der Waals surface area contributed by atoms with E-state index in [1.165, 1.54) is 103 Å². The summed E-state index contributed by atoms with van der Waals surface area (Å²) in [5, 5.41) is 0. The van der Waals surface area contributed by atoms with Gasteiger partial charge < -0.3 is 4.74 Å². The first kappa shape index (κ1) is 21.4. The molecule has 0 aromatic carbocycles. The second-order valence-corrected chi connectivity index (χ2v) is 10.2. The molecule has 156 valence electrons. The van der Waals surface area contributed by atoms with Crippen LogP contribution in [-0.4, -0.2) is 12.7 Å². The van der Waals surface area contributed by atoms with Crippen LogP contribution in [0.2, 0.25) is 0 Å². The van der Waals surface area contributed by atoms with Gasteiger partial charge >= 0.3 is 0 Å². The van der Waals surface area contributed by atoms with Crippen molar-refractivity contribution in [2.75, 3.05) is 6.61 Å². The topological polar surface area (TPSA) is 9.23 Å². The summed E-state index contributed by atoms with van der Waals surface area (Å²) in [6.07, 6.45) is 25.6. The van der Waals surface area contributed by atoms with Crippen molar-refractivity contribution in [2.24, 2.45) is 29.6 Å². The molecule has 3 fully saturated rings. The third-order valence-corrected chi connectivity index (χ3v) is 8.29. The van der Waals surface area contributed by atoms with Crippen LogP contribution in [0.15, 0.2) is 12.7 Å². The number of unbranched alkanes of at least 4 members (excludes halogenated alkanes) is 2. The standard InChI is InChI=1S/C26H46O/c1-3-5-6-7-22-8-14-24(15-9-22)25-16-10-23(11-17-25)20-27-26-18-12-21(4-2)13-19-26/h4,21-26H,2-3,5-20H2,1H3. The number of ether oxygens (including phenoxy) is 1. The van der Waals surface area contributed by atoms with Crippen LogP contribution in [0.5, 0.6) is 0 Å². The summed E-state index contributed by atoms with van der Waals surface area (Å²) in [4.78, 5) is 0.